The average molecular weight is 290 g/mol. The zero-order valence-electron chi connectivity index (χ0n) is 12.8. The second-order valence-corrected chi connectivity index (χ2v) is 5.30. The van der Waals surface area contributed by atoms with Crippen LogP contribution in [0.4, 0.5) is 0 Å². The van der Waals surface area contributed by atoms with Crippen molar-refractivity contribution in [3.8, 4) is 5.75 Å². The molecule has 0 bridgehead atoms. The Kier molecular flexibility index (Phi) is 5.36. The van der Waals surface area contributed by atoms with E-state index >= 15 is 0 Å². The van der Waals surface area contributed by atoms with Crippen LogP contribution in [0, 0.1) is 0 Å². The number of nitrogens with zero attached hydrogens (tertiary/aromatic N) is 1. The summed E-state index contributed by atoms with van der Waals surface area (Å²) in [6, 6.07) is 7.47. The van der Waals surface area contributed by atoms with Gasteiger partial charge in [-0.1, -0.05) is 6.07 Å². The van der Waals surface area contributed by atoms with Crippen LogP contribution in [0.2, 0.25) is 0 Å². The van der Waals surface area contributed by atoms with Crippen LogP contribution in [0.15, 0.2) is 29.1 Å². The molecule has 0 spiro atoms. The molecule has 21 heavy (non-hydrogen) atoms. The lowest BCUT2D eigenvalue weighted by Crippen LogP contribution is -2.15. The van der Waals surface area contributed by atoms with Crippen molar-refractivity contribution in [2.75, 3.05) is 34.5 Å². The molecule has 1 aromatic heterocycles. The number of ether oxygens (including phenoxy) is 2. The Labute approximate surface area is 124 Å². The summed E-state index contributed by atoms with van der Waals surface area (Å²) >= 11 is 0. The molecule has 0 saturated heterocycles. The van der Waals surface area contributed by atoms with E-state index in [1.165, 1.54) is 0 Å². The van der Waals surface area contributed by atoms with Crippen LogP contribution in [0.3, 0.4) is 0 Å². The highest BCUT2D eigenvalue weighted by molar-refractivity contribution is 5.87. The first-order valence-electron chi connectivity index (χ1n) is 7.03. The monoisotopic (exact) mass is 290 g/mol. The molecule has 1 aromatic carbocycles. The summed E-state index contributed by atoms with van der Waals surface area (Å²) in [5, 5.41) is 1.47. The molecule has 0 saturated carbocycles. The van der Waals surface area contributed by atoms with Crippen molar-refractivity contribution in [2.24, 2.45) is 0 Å². The Balaban J connectivity index is 2.30. The fourth-order valence-electron chi connectivity index (χ4n) is 2.28. The molecular weight excluding hydrogens is 268 g/mol. The minimum atomic E-state index is -0.0739. The topological polar surface area (TPSA) is 54.6 Å². The summed E-state index contributed by atoms with van der Waals surface area (Å²) in [5.74, 6) is 0.675. The smallest absolute Gasteiger partial charge is 0.256 e. The van der Waals surface area contributed by atoms with Gasteiger partial charge in [-0.15, -0.1) is 0 Å². The maximum Gasteiger partial charge on any atom is 0.256 e. The third kappa shape index (κ3) is 4.06. The van der Waals surface area contributed by atoms with E-state index in [4.69, 9.17) is 9.47 Å². The first-order valence-corrected chi connectivity index (χ1v) is 7.03. The third-order valence-electron chi connectivity index (χ3n) is 3.29. The molecule has 1 N–H and O–H groups in total. The summed E-state index contributed by atoms with van der Waals surface area (Å²) in [6.07, 6.45) is 1.83. The molecule has 0 aliphatic rings. The van der Waals surface area contributed by atoms with E-state index in [-0.39, 0.29) is 12.4 Å². The molecule has 0 fully saturated rings. The predicted molar refractivity (Wildman–Crippen MR) is 83.9 cm³/mol. The number of hydrogen-bond acceptors (Lipinski definition) is 4. The van der Waals surface area contributed by atoms with Crippen molar-refractivity contribution >= 4 is 10.8 Å². The van der Waals surface area contributed by atoms with Gasteiger partial charge in [-0.05, 0) is 51.7 Å². The standard InChI is InChI=1S/C16H22N2O3/c1-18(2)9-5-6-12-10-14-13(16(19)17-12)7-4-8-15(14)21-11-20-3/h4,7-8,10H,5-6,9,11H2,1-3H3,(H,17,19). The highest BCUT2D eigenvalue weighted by Crippen LogP contribution is 2.24. The minimum Gasteiger partial charge on any atom is -0.467 e. The van der Waals surface area contributed by atoms with Crippen LogP contribution in [-0.2, 0) is 11.2 Å². The molecule has 5 heteroatoms. The molecule has 0 unspecified atom stereocenters. The van der Waals surface area contributed by atoms with Gasteiger partial charge in [-0.25, -0.2) is 0 Å². The van der Waals surface area contributed by atoms with E-state index in [2.05, 4.69) is 9.88 Å². The second kappa shape index (κ2) is 7.24. The zero-order valence-corrected chi connectivity index (χ0v) is 12.8. The van der Waals surface area contributed by atoms with Gasteiger partial charge in [0, 0.05) is 18.2 Å². The summed E-state index contributed by atoms with van der Waals surface area (Å²) in [5.41, 5.74) is 0.859. The number of H-pyrrole nitrogens is 1. The van der Waals surface area contributed by atoms with Crippen molar-refractivity contribution in [1.82, 2.24) is 9.88 Å². The van der Waals surface area contributed by atoms with E-state index in [1.807, 2.05) is 32.3 Å². The van der Waals surface area contributed by atoms with E-state index < -0.39 is 0 Å². The van der Waals surface area contributed by atoms with E-state index in [9.17, 15) is 4.79 Å². The number of hydrogen-bond donors (Lipinski definition) is 1. The van der Waals surface area contributed by atoms with Crippen LogP contribution in [-0.4, -0.2) is 44.4 Å². The van der Waals surface area contributed by atoms with Crippen molar-refractivity contribution in [3.05, 3.63) is 40.3 Å². The summed E-state index contributed by atoms with van der Waals surface area (Å²) in [7, 11) is 5.66. The molecule has 5 nitrogen and oxygen atoms in total. The highest BCUT2D eigenvalue weighted by Gasteiger charge is 2.07. The first-order chi connectivity index (χ1) is 10.1. The lowest BCUT2D eigenvalue weighted by atomic mass is 10.1. The number of aryl methyl sites for hydroxylation is 1. The number of rotatable bonds is 7. The van der Waals surface area contributed by atoms with Crippen LogP contribution >= 0.6 is 0 Å². The van der Waals surface area contributed by atoms with Gasteiger partial charge < -0.3 is 19.4 Å². The highest BCUT2D eigenvalue weighted by atomic mass is 16.7. The summed E-state index contributed by atoms with van der Waals surface area (Å²) in [6.45, 7) is 1.16. The Morgan fingerprint density at radius 3 is 2.76 bits per heavy atom. The summed E-state index contributed by atoms with van der Waals surface area (Å²) in [4.78, 5) is 17.2. The molecule has 0 atom stereocenters. The Hall–Kier alpha value is -1.85. The normalized spacial score (nSPS) is 11.2. The first kappa shape index (κ1) is 15.5. The molecule has 0 aliphatic carbocycles. The van der Waals surface area contributed by atoms with Gasteiger partial charge in [0.2, 0.25) is 0 Å². The largest absolute Gasteiger partial charge is 0.467 e. The van der Waals surface area contributed by atoms with Crippen LogP contribution < -0.4 is 10.3 Å². The quantitative estimate of drug-likeness (QED) is 0.793. The predicted octanol–water partition coefficient (Wildman–Crippen LogP) is 2.00. The van der Waals surface area contributed by atoms with Gasteiger partial charge in [0.25, 0.3) is 5.56 Å². The number of nitrogens with one attached hydrogen (secondary N) is 1. The lowest BCUT2D eigenvalue weighted by molar-refractivity contribution is 0.0522. The summed E-state index contributed by atoms with van der Waals surface area (Å²) < 4.78 is 10.5. The molecule has 2 aromatic rings. The van der Waals surface area contributed by atoms with Crippen LogP contribution in [0.1, 0.15) is 12.1 Å². The van der Waals surface area contributed by atoms with Crippen molar-refractivity contribution in [3.63, 3.8) is 0 Å². The van der Waals surface area contributed by atoms with E-state index in [1.54, 1.807) is 13.2 Å². The second-order valence-electron chi connectivity index (χ2n) is 5.30. The Morgan fingerprint density at radius 2 is 2.05 bits per heavy atom. The fourth-order valence-corrected chi connectivity index (χ4v) is 2.28. The van der Waals surface area contributed by atoms with E-state index in [0.29, 0.717) is 11.1 Å². The molecule has 1 heterocycles. The van der Waals surface area contributed by atoms with Crippen molar-refractivity contribution in [1.29, 1.82) is 0 Å². The molecule has 2 rings (SSSR count). The maximum atomic E-state index is 12.2. The third-order valence-corrected chi connectivity index (χ3v) is 3.29. The van der Waals surface area contributed by atoms with Crippen LogP contribution in [0.5, 0.6) is 5.75 Å². The Bertz CT molecular complexity index is 650. The molecular formula is C16H22N2O3. The maximum absolute atomic E-state index is 12.2. The van der Waals surface area contributed by atoms with Gasteiger partial charge in [0.1, 0.15) is 5.75 Å². The SMILES string of the molecule is COCOc1cccc2c(=O)[nH]c(CCCN(C)C)cc12. The average Bonchev–Trinajstić information content (AvgIpc) is 2.45. The zero-order chi connectivity index (χ0) is 15.2. The lowest BCUT2D eigenvalue weighted by Gasteiger charge is -2.11. The van der Waals surface area contributed by atoms with Crippen molar-refractivity contribution in [2.45, 2.75) is 12.8 Å². The fraction of sp³-hybridized carbons (Fsp3) is 0.438. The number of fused-ring (bicyclic) bond motifs is 1. The Morgan fingerprint density at radius 1 is 1.24 bits per heavy atom. The van der Waals surface area contributed by atoms with Gasteiger partial charge in [-0.2, -0.15) is 0 Å². The molecule has 0 radical (unpaired) electrons. The molecule has 0 aliphatic heterocycles. The number of pyridine rings is 1. The van der Waals surface area contributed by atoms with E-state index in [0.717, 1.165) is 30.5 Å². The van der Waals surface area contributed by atoms with Gasteiger partial charge >= 0.3 is 0 Å². The minimum absolute atomic E-state index is 0.0739. The van der Waals surface area contributed by atoms with Gasteiger partial charge in [0.15, 0.2) is 6.79 Å². The number of aromatic nitrogens is 1. The number of benzene rings is 1. The number of methoxy groups -OCH3 is 1. The molecule has 0 amide bonds. The molecule has 114 valence electrons. The number of aromatic amines is 1. The van der Waals surface area contributed by atoms with Gasteiger partial charge in [-0.3, -0.25) is 4.79 Å². The van der Waals surface area contributed by atoms with Crippen LogP contribution in [0.25, 0.3) is 10.8 Å². The van der Waals surface area contributed by atoms with Gasteiger partial charge in [0.05, 0.1) is 5.39 Å². The van der Waals surface area contributed by atoms with Crippen molar-refractivity contribution < 1.29 is 9.47 Å².